The molecule has 4 aliphatic rings. The summed E-state index contributed by atoms with van der Waals surface area (Å²) in [6.45, 7) is 1.83. The van der Waals surface area contributed by atoms with Crippen LogP contribution in [0.25, 0.3) is 0 Å². The predicted molar refractivity (Wildman–Crippen MR) is 138 cm³/mol. The Morgan fingerprint density at radius 1 is 0.944 bits per heavy atom. The molecule has 6 rings (SSSR count). The number of benzene rings is 2. The van der Waals surface area contributed by atoms with Crippen molar-refractivity contribution in [3.05, 3.63) is 71.8 Å². The lowest BCUT2D eigenvalue weighted by molar-refractivity contribution is -0.150. The standard InChI is InChI=1S/C30H37N3O3/c1-31(19-21-8-4-2-5-9-21)28(22-10-6-3-7-11-22)30(35)32-20-23(18-27-26(32)16-17-36-27)29(34)33-24-12-13-25(33)15-14-24/h2-11,23-28H,12-20H2,1H3/t23-,24?,25?,26-,27-,28?/m1/s1. The number of likely N-dealkylation sites (tertiary alicyclic amines) is 1. The van der Waals surface area contributed by atoms with E-state index in [0.717, 1.165) is 44.1 Å². The first kappa shape index (κ1) is 23.7. The Hall–Kier alpha value is -2.70. The van der Waals surface area contributed by atoms with Crippen LogP contribution in [0.4, 0.5) is 0 Å². The van der Waals surface area contributed by atoms with Gasteiger partial charge in [0.15, 0.2) is 0 Å². The third kappa shape index (κ3) is 4.35. The van der Waals surface area contributed by atoms with Gasteiger partial charge in [0, 0.05) is 31.8 Å². The quantitative estimate of drug-likeness (QED) is 0.618. The molecule has 2 aromatic carbocycles. The first-order valence-electron chi connectivity index (χ1n) is 13.6. The summed E-state index contributed by atoms with van der Waals surface area (Å²) < 4.78 is 6.11. The van der Waals surface area contributed by atoms with Crippen LogP contribution in [-0.4, -0.2) is 70.9 Å². The third-order valence-corrected chi connectivity index (χ3v) is 8.91. The summed E-state index contributed by atoms with van der Waals surface area (Å²) in [5, 5.41) is 0. The van der Waals surface area contributed by atoms with Gasteiger partial charge in [-0.25, -0.2) is 0 Å². The summed E-state index contributed by atoms with van der Waals surface area (Å²) in [6.07, 6.45) is 6.06. The smallest absolute Gasteiger partial charge is 0.244 e. The summed E-state index contributed by atoms with van der Waals surface area (Å²) >= 11 is 0. The Balaban J connectivity index is 1.27. The van der Waals surface area contributed by atoms with Gasteiger partial charge in [-0.05, 0) is 56.7 Å². The van der Waals surface area contributed by atoms with Crippen LogP contribution in [0, 0.1) is 5.92 Å². The Bertz CT molecular complexity index is 1060. The summed E-state index contributed by atoms with van der Waals surface area (Å²) in [7, 11) is 2.03. The van der Waals surface area contributed by atoms with Crippen LogP contribution < -0.4 is 0 Å². The van der Waals surface area contributed by atoms with E-state index in [0.29, 0.717) is 31.8 Å². The molecule has 2 bridgehead atoms. The van der Waals surface area contributed by atoms with Crippen molar-refractivity contribution in [2.75, 3.05) is 20.2 Å². The third-order valence-electron chi connectivity index (χ3n) is 8.91. The Morgan fingerprint density at radius 2 is 1.58 bits per heavy atom. The van der Waals surface area contributed by atoms with Crippen LogP contribution in [0.2, 0.25) is 0 Å². The van der Waals surface area contributed by atoms with Gasteiger partial charge in [-0.2, -0.15) is 0 Å². The van der Waals surface area contributed by atoms with Crippen LogP contribution in [0.5, 0.6) is 0 Å². The first-order chi connectivity index (χ1) is 17.6. The van der Waals surface area contributed by atoms with Gasteiger partial charge >= 0.3 is 0 Å². The lowest BCUT2D eigenvalue weighted by atomic mass is 9.87. The monoisotopic (exact) mass is 487 g/mol. The van der Waals surface area contributed by atoms with Crippen molar-refractivity contribution >= 4 is 11.8 Å². The Kier molecular flexibility index (Phi) is 6.57. The average Bonchev–Trinajstić information content (AvgIpc) is 3.65. The normalized spacial score (nSPS) is 30.0. The van der Waals surface area contributed by atoms with Crippen molar-refractivity contribution in [2.45, 2.75) is 75.3 Å². The minimum atomic E-state index is -0.413. The van der Waals surface area contributed by atoms with Crippen molar-refractivity contribution < 1.29 is 14.3 Å². The van der Waals surface area contributed by atoms with Gasteiger partial charge in [0.1, 0.15) is 6.04 Å². The second kappa shape index (κ2) is 9.98. The molecule has 4 aliphatic heterocycles. The summed E-state index contributed by atoms with van der Waals surface area (Å²) in [6, 6.07) is 20.8. The number of carbonyl (C=O) groups excluding carboxylic acids is 2. The highest BCUT2D eigenvalue weighted by Crippen LogP contribution is 2.41. The molecule has 4 heterocycles. The maximum absolute atomic E-state index is 14.4. The second-order valence-electron chi connectivity index (χ2n) is 11.1. The van der Waals surface area contributed by atoms with Crippen LogP contribution in [0.1, 0.15) is 55.7 Å². The minimum absolute atomic E-state index is 0.0484. The van der Waals surface area contributed by atoms with Gasteiger partial charge in [0.05, 0.1) is 18.1 Å². The summed E-state index contributed by atoms with van der Waals surface area (Å²) in [5.41, 5.74) is 2.16. The van der Waals surface area contributed by atoms with E-state index >= 15 is 0 Å². The van der Waals surface area contributed by atoms with Gasteiger partial charge in [-0.15, -0.1) is 0 Å². The second-order valence-corrected chi connectivity index (χ2v) is 11.1. The van der Waals surface area contributed by atoms with E-state index < -0.39 is 6.04 Å². The molecule has 0 radical (unpaired) electrons. The van der Waals surface area contributed by atoms with Crippen LogP contribution in [0.15, 0.2) is 60.7 Å². The van der Waals surface area contributed by atoms with Crippen LogP contribution in [0.3, 0.4) is 0 Å². The number of nitrogens with zero attached hydrogens (tertiary/aromatic N) is 3. The zero-order valence-corrected chi connectivity index (χ0v) is 21.2. The van der Waals surface area contributed by atoms with Gasteiger partial charge in [-0.1, -0.05) is 60.7 Å². The Morgan fingerprint density at radius 3 is 2.25 bits per heavy atom. The van der Waals surface area contributed by atoms with E-state index in [1.54, 1.807) is 0 Å². The fourth-order valence-electron chi connectivity index (χ4n) is 7.20. The molecule has 6 nitrogen and oxygen atoms in total. The molecule has 2 aromatic rings. The first-order valence-corrected chi connectivity index (χ1v) is 13.6. The minimum Gasteiger partial charge on any atom is -0.376 e. The van der Waals surface area contributed by atoms with Gasteiger partial charge in [0.2, 0.25) is 11.8 Å². The molecule has 6 heteroatoms. The molecule has 0 saturated carbocycles. The van der Waals surface area contributed by atoms with Crippen molar-refractivity contribution in [1.29, 1.82) is 0 Å². The van der Waals surface area contributed by atoms with E-state index in [2.05, 4.69) is 21.9 Å². The predicted octanol–water partition coefficient (Wildman–Crippen LogP) is 4.02. The number of ether oxygens (including phenoxy) is 1. The number of likely N-dealkylation sites (N-methyl/N-ethyl adjacent to an activating group) is 1. The van der Waals surface area contributed by atoms with E-state index in [-0.39, 0.29) is 29.9 Å². The molecule has 36 heavy (non-hydrogen) atoms. The van der Waals surface area contributed by atoms with E-state index in [1.807, 2.05) is 60.5 Å². The number of hydrogen-bond donors (Lipinski definition) is 0. The van der Waals surface area contributed by atoms with Crippen LogP contribution in [-0.2, 0) is 20.9 Å². The number of amides is 2. The molecule has 0 aliphatic carbocycles. The van der Waals surface area contributed by atoms with Gasteiger partial charge in [0.25, 0.3) is 0 Å². The molecule has 0 N–H and O–H groups in total. The van der Waals surface area contributed by atoms with E-state index in [1.165, 1.54) is 5.56 Å². The van der Waals surface area contributed by atoms with Crippen LogP contribution >= 0.6 is 0 Å². The zero-order valence-electron chi connectivity index (χ0n) is 21.2. The maximum Gasteiger partial charge on any atom is 0.244 e. The molecule has 4 fully saturated rings. The van der Waals surface area contributed by atoms with Gasteiger partial charge in [-0.3, -0.25) is 14.5 Å². The maximum atomic E-state index is 14.4. The molecule has 190 valence electrons. The largest absolute Gasteiger partial charge is 0.376 e. The van der Waals surface area contributed by atoms with Crippen molar-refractivity contribution in [2.24, 2.45) is 5.92 Å². The highest BCUT2D eigenvalue weighted by Gasteiger charge is 2.50. The number of carbonyl (C=O) groups is 2. The Labute approximate surface area is 214 Å². The molecular weight excluding hydrogens is 450 g/mol. The molecular formula is C30H37N3O3. The van der Waals surface area contributed by atoms with Crippen molar-refractivity contribution in [3.63, 3.8) is 0 Å². The van der Waals surface area contributed by atoms with E-state index in [4.69, 9.17) is 4.74 Å². The molecule has 1 unspecified atom stereocenters. The summed E-state index contributed by atoms with van der Waals surface area (Å²) in [5.74, 6) is 0.160. The topological polar surface area (TPSA) is 53.1 Å². The van der Waals surface area contributed by atoms with E-state index in [9.17, 15) is 9.59 Å². The SMILES string of the molecule is CN(Cc1ccccc1)C(C(=O)N1C[C@H](C(=O)N2C3CCC2CC3)C[C@H]2OCC[C@H]21)c1ccccc1. The average molecular weight is 488 g/mol. The molecule has 4 saturated heterocycles. The number of rotatable bonds is 6. The van der Waals surface area contributed by atoms with Crippen molar-refractivity contribution in [1.82, 2.24) is 14.7 Å². The fraction of sp³-hybridized carbons (Fsp3) is 0.533. The lowest BCUT2D eigenvalue weighted by Crippen LogP contribution is -2.57. The highest BCUT2D eigenvalue weighted by atomic mass is 16.5. The number of piperidine rings is 1. The number of fused-ring (bicyclic) bond motifs is 3. The lowest BCUT2D eigenvalue weighted by Gasteiger charge is -2.44. The molecule has 0 spiro atoms. The fourth-order valence-corrected chi connectivity index (χ4v) is 7.20. The number of hydrogen-bond acceptors (Lipinski definition) is 4. The molecule has 4 atom stereocenters. The summed E-state index contributed by atoms with van der Waals surface area (Å²) in [4.78, 5) is 34.5. The zero-order chi connectivity index (χ0) is 24.6. The molecule has 2 amide bonds. The van der Waals surface area contributed by atoms with Gasteiger partial charge < -0.3 is 14.5 Å². The van der Waals surface area contributed by atoms with Crippen molar-refractivity contribution in [3.8, 4) is 0 Å². The highest BCUT2D eigenvalue weighted by molar-refractivity contribution is 5.86. The molecule has 0 aromatic heterocycles.